The predicted molar refractivity (Wildman–Crippen MR) is 86.9 cm³/mol. The van der Waals surface area contributed by atoms with Crippen LogP contribution in [0.25, 0.3) is 0 Å². The first kappa shape index (κ1) is 15.9. The van der Waals surface area contributed by atoms with E-state index in [4.69, 9.17) is 4.74 Å². The van der Waals surface area contributed by atoms with E-state index in [1.165, 1.54) is 0 Å². The Hall–Kier alpha value is -2.50. The van der Waals surface area contributed by atoms with E-state index >= 15 is 0 Å². The SMILES string of the molecule is CC(Nc1cccc(NC(=O)OC(C)(C)C)c1)c1ccn[nH]1. The van der Waals surface area contributed by atoms with Gasteiger partial charge in [-0.15, -0.1) is 0 Å². The molecule has 2 rings (SSSR count). The van der Waals surface area contributed by atoms with Crippen LogP contribution in [-0.4, -0.2) is 21.9 Å². The number of nitrogens with one attached hydrogen (secondary N) is 3. The molecule has 1 heterocycles. The number of amides is 1. The minimum atomic E-state index is -0.519. The molecule has 0 aliphatic carbocycles. The van der Waals surface area contributed by atoms with E-state index in [2.05, 4.69) is 20.8 Å². The third-order valence-electron chi connectivity index (χ3n) is 2.88. The van der Waals surface area contributed by atoms with Gasteiger partial charge in [-0.1, -0.05) is 6.07 Å². The van der Waals surface area contributed by atoms with Gasteiger partial charge in [-0.05, 0) is 52.0 Å². The smallest absolute Gasteiger partial charge is 0.412 e. The van der Waals surface area contributed by atoms with Gasteiger partial charge in [0.05, 0.1) is 11.7 Å². The molecule has 0 radical (unpaired) electrons. The Labute approximate surface area is 130 Å². The summed E-state index contributed by atoms with van der Waals surface area (Å²) < 4.78 is 5.24. The van der Waals surface area contributed by atoms with Crippen LogP contribution >= 0.6 is 0 Å². The average molecular weight is 302 g/mol. The van der Waals surface area contributed by atoms with E-state index in [1.807, 2.05) is 58.0 Å². The maximum Gasteiger partial charge on any atom is 0.412 e. The predicted octanol–water partition coefficient (Wildman–Crippen LogP) is 3.93. The van der Waals surface area contributed by atoms with Crippen LogP contribution in [0.5, 0.6) is 0 Å². The molecule has 6 nitrogen and oxygen atoms in total. The summed E-state index contributed by atoms with van der Waals surface area (Å²) in [5.74, 6) is 0. The van der Waals surface area contributed by atoms with Crippen molar-refractivity contribution < 1.29 is 9.53 Å². The summed E-state index contributed by atoms with van der Waals surface area (Å²) in [6.07, 6.45) is 1.25. The second kappa shape index (κ2) is 6.51. The fourth-order valence-corrected chi connectivity index (χ4v) is 1.94. The van der Waals surface area contributed by atoms with Crippen molar-refractivity contribution in [3.05, 3.63) is 42.2 Å². The van der Waals surface area contributed by atoms with Gasteiger partial charge in [-0.25, -0.2) is 4.79 Å². The number of nitrogens with zero attached hydrogens (tertiary/aromatic N) is 1. The molecular formula is C16H22N4O2. The van der Waals surface area contributed by atoms with Crippen LogP contribution in [0, 0.1) is 0 Å². The molecule has 0 aliphatic rings. The minimum absolute atomic E-state index is 0.0827. The molecule has 3 N–H and O–H groups in total. The van der Waals surface area contributed by atoms with Gasteiger partial charge in [0.1, 0.15) is 5.60 Å². The first-order valence-corrected chi connectivity index (χ1v) is 7.19. The molecule has 1 amide bonds. The number of aromatic nitrogens is 2. The van der Waals surface area contributed by atoms with Crippen LogP contribution in [-0.2, 0) is 4.74 Å². The summed E-state index contributed by atoms with van der Waals surface area (Å²) in [5.41, 5.74) is 2.05. The number of carbonyl (C=O) groups is 1. The Morgan fingerprint density at radius 3 is 2.64 bits per heavy atom. The Balaban J connectivity index is 1.99. The van der Waals surface area contributed by atoms with Gasteiger partial charge in [-0.3, -0.25) is 10.4 Å². The van der Waals surface area contributed by atoms with Gasteiger partial charge in [0.2, 0.25) is 0 Å². The summed E-state index contributed by atoms with van der Waals surface area (Å²) in [4.78, 5) is 11.8. The van der Waals surface area contributed by atoms with E-state index in [0.29, 0.717) is 5.69 Å². The number of rotatable bonds is 4. The normalized spacial score (nSPS) is 12.5. The second-order valence-electron chi connectivity index (χ2n) is 6.09. The quantitative estimate of drug-likeness (QED) is 0.799. The Morgan fingerprint density at radius 2 is 2.00 bits per heavy atom. The number of hydrogen-bond acceptors (Lipinski definition) is 4. The molecular weight excluding hydrogens is 280 g/mol. The van der Waals surface area contributed by atoms with Gasteiger partial charge in [0.25, 0.3) is 0 Å². The molecule has 1 unspecified atom stereocenters. The molecule has 0 fully saturated rings. The van der Waals surface area contributed by atoms with Crippen LogP contribution in [0.1, 0.15) is 39.4 Å². The zero-order valence-electron chi connectivity index (χ0n) is 13.3. The monoisotopic (exact) mass is 302 g/mol. The fourth-order valence-electron chi connectivity index (χ4n) is 1.94. The molecule has 0 bridgehead atoms. The molecule has 0 aliphatic heterocycles. The zero-order chi connectivity index (χ0) is 16.2. The van der Waals surface area contributed by atoms with Gasteiger partial charge in [-0.2, -0.15) is 5.10 Å². The lowest BCUT2D eigenvalue weighted by Crippen LogP contribution is -2.27. The number of ether oxygens (including phenoxy) is 1. The summed E-state index contributed by atoms with van der Waals surface area (Å²) >= 11 is 0. The molecule has 22 heavy (non-hydrogen) atoms. The Morgan fingerprint density at radius 1 is 1.27 bits per heavy atom. The standard InChI is InChI=1S/C16H22N4O2/c1-11(14-8-9-17-20-14)18-12-6-5-7-13(10-12)19-15(21)22-16(2,3)4/h5-11,18H,1-4H3,(H,17,20)(H,19,21). The van der Waals surface area contributed by atoms with Crippen molar-refractivity contribution in [2.75, 3.05) is 10.6 Å². The highest BCUT2D eigenvalue weighted by atomic mass is 16.6. The third kappa shape index (κ3) is 4.80. The second-order valence-corrected chi connectivity index (χ2v) is 6.09. The van der Waals surface area contributed by atoms with Crippen LogP contribution in [0.15, 0.2) is 36.5 Å². The molecule has 1 aromatic heterocycles. The van der Waals surface area contributed by atoms with E-state index in [-0.39, 0.29) is 6.04 Å². The first-order valence-electron chi connectivity index (χ1n) is 7.19. The van der Waals surface area contributed by atoms with Crippen molar-refractivity contribution in [1.82, 2.24) is 10.2 Å². The molecule has 118 valence electrons. The molecule has 6 heteroatoms. The van der Waals surface area contributed by atoms with E-state index in [0.717, 1.165) is 11.4 Å². The molecule has 1 aromatic carbocycles. The lowest BCUT2D eigenvalue weighted by molar-refractivity contribution is 0.0636. The average Bonchev–Trinajstić information content (AvgIpc) is 2.90. The summed E-state index contributed by atoms with van der Waals surface area (Å²) in [6, 6.07) is 9.48. The molecule has 2 aromatic rings. The lowest BCUT2D eigenvalue weighted by Gasteiger charge is -2.20. The highest BCUT2D eigenvalue weighted by Crippen LogP contribution is 2.21. The number of aromatic amines is 1. The summed E-state index contributed by atoms with van der Waals surface area (Å²) in [6.45, 7) is 7.52. The zero-order valence-corrected chi connectivity index (χ0v) is 13.3. The Kier molecular flexibility index (Phi) is 4.70. The maximum absolute atomic E-state index is 11.8. The van der Waals surface area contributed by atoms with Crippen LogP contribution in [0.2, 0.25) is 0 Å². The number of H-pyrrole nitrogens is 1. The van der Waals surface area contributed by atoms with Gasteiger partial charge < -0.3 is 10.1 Å². The molecule has 0 saturated carbocycles. The molecule has 0 saturated heterocycles. The van der Waals surface area contributed by atoms with Crippen molar-refractivity contribution in [3.8, 4) is 0 Å². The minimum Gasteiger partial charge on any atom is -0.444 e. The van der Waals surface area contributed by atoms with Crippen LogP contribution in [0.4, 0.5) is 16.2 Å². The van der Waals surface area contributed by atoms with E-state index < -0.39 is 11.7 Å². The highest BCUT2D eigenvalue weighted by molar-refractivity contribution is 5.85. The summed E-state index contributed by atoms with van der Waals surface area (Å²) in [7, 11) is 0. The number of carbonyl (C=O) groups excluding carboxylic acids is 1. The van der Waals surface area contributed by atoms with Gasteiger partial charge >= 0.3 is 6.09 Å². The van der Waals surface area contributed by atoms with E-state index in [1.54, 1.807) is 6.20 Å². The van der Waals surface area contributed by atoms with Crippen molar-refractivity contribution in [3.63, 3.8) is 0 Å². The van der Waals surface area contributed by atoms with Crippen LogP contribution < -0.4 is 10.6 Å². The Bertz CT molecular complexity index is 617. The largest absolute Gasteiger partial charge is 0.444 e. The molecule has 0 spiro atoms. The van der Waals surface area contributed by atoms with Crippen molar-refractivity contribution in [2.45, 2.75) is 39.3 Å². The fraction of sp³-hybridized carbons (Fsp3) is 0.375. The third-order valence-corrected chi connectivity index (χ3v) is 2.88. The number of benzene rings is 1. The highest BCUT2D eigenvalue weighted by Gasteiger charge is 2.16. The molecule has 1 atom stereocenters. The topological polar surface area (TPSA) is 79.0 Å². The van der Waals surface area contributed by atoms with Crippen molar-refractivity contribution in [2.24, 2.45) is 0 Å². The maximum atomic E-state index is 11.8. The van der Waals surface area contributed by atoms with Crippen LogP contribution in [0.3, 0.4) is 0 Å². The van der Waals surface area contributed by atoms with Crippen molar-refractivity contribution >= 4 is 17.5 Å². The van der Waals surface area contributed by atoms with E-state index in [9.17, 15) is 4.79 Å². The van der Waals surface area contributed by atoms with Crippen molar-refractivity contribution in [1.29, 1.82) is 0 Å². The number of anilines is 2. The number of hydrogen-bond donors (Lipinski definition) is 3. The first-order chi connectivity index (χ1) is 10.3. The lowest BCUT2D eigenvalue weighted by atomic mass is 10.2. The van der Waals surface area contributed by atoms with Gasteiger partial charge in [0.15, 0.2) is 0 Å². The summed E-state index contributed by atoms with van der Waals surface area (Å²) in [5, 5.41) is 12.9. The van der Waals surface area contributed by atoms with Gasteiger partial charge in [0, 0.05) is 17.6 Å².